The Morgan fingerprint density at radius 3 is 2.29 bits per heavy atom. The summed E-state index contributed by atoms with van der Waals surface area (Å²) in [6.07, 6.45) is 5.41. The zero-order valence-corrected chi connectivity index (χ0v) is 19.4. The normalized spacial score (nSPS) is 16.7. The van der Waals surface area contributed by atoms with Gasteiger partial charge in [0.25, 0.3) is 5.91 Å². The Morgan fingerprint density at radius 2 is 1.69 bits per heavy atom. The van der Waals surface area contributed by atoms with Crippen LogP contribution >= 0.6 is 0 Å². The predicted molar refractivity (Wildman–Crippen MR) is 133 cm³/mol. The topological polar surface area (TPSA) is 87.7 Å². The molecule has 0 radical (unpaired) electrons. The van der Waals surface area contributed by atoms with Gasteiger partial charge in [-0.1, -0.05) is 55.3 Å². The van der Waals surface area contributed by atoms with Crippen LogP contribution in [-0.2, 0) is 9.59 Å². The summed E-state index contributed by atoms with van der Waals surface area (Å²) < 4.78 is 5.18. The minimum atomic E-state index is -1.08. The van der Waals surface area contributed by atoms with Gasteiger partial charge in [-0.25, -0.2) is 9.69 Å². The van der Waals surface area contributed by atoms with Crippen LogP contribution < -0.4 is 15.4 Å². The molecule has 1 aliphatic heterocycles. The van der Waals surface area contributed by atoms with Gasteiger partial charge in [-0.3, -0.25) is 9.59 Å². The quantitative estimate of drug-likeness (QED) is 0.405. The Balaban J connectivity index is 1.66. The van der Waals surface area contributed by atoms with Crippen LogP contribution in [0, 0.1) is 12.3 Å². The summed E-state index contributed by atoms with van der Waals surface area (Å²) in [5.41, 5.74) is 2.61. The van der Waals surface area contributed by atoms with Crippen molar-refractivity contribution in [1.29, 1.82) is 0 Å². The fourth-order valence-corrected chi connectivity index (χ4v) is 4.15. The van der Waals surface area contributed by atoms with Crippen molar-refractivity contribution in [1.82, 2.24) is 10.2 Å². The Bertz CT molecular complexity index is 1260. The van der Waals surface area contributed by atoms with Crippen molar-refractivity contribution < 1.29 is 19.1 Å². The number of benzene rings is 3. The van der Waals surface area contributed by atoms with Gasteiger partial charge in [0.15, 0.2) is 0 Å². The average Bonchev–Trinajstić information content (AvgIpc) is 3.18. The SMILES string of the molecule is C#Cc1ccc(NC(=O)[C@H]([C@@H](C)c2ccccc2)N2C(=O)NC(c3ccc(OC)cc3)C2=O)cc1. The lowest BCUT2D eigenvalue weighted by molar-refractivity contribution is -0.134. The summed E-state index contributed by atoms with van der Waals surface area (Å²) in [5, 5.41) is 5.56. The molecule has 176 valence electrons. The van der Waals surface area contributed by atoms with E-state index in [4.69, 9.17) is 11.2 Å². The second-order valence-corrected chi connectivity index (χ2v) is 8.22. The van der Waals surface area contributed by atoms with E-state index in [1.807, 2.05) is 37.3 Å². The number of nitrogens with zero attached hydrogens (tertiary/aromatic N) is 1. The maximum atomic E-state index is 13.5. The molecule has 35 heavy (non-hydrogen) atoms. The first-order valence-corrected chi connectivity index (χ1v) is 11.1. The lowest BCUT2D eigenvalue weighted by atomic mass is 9.91. The van der Waals surface area contributed by atoms with Crippen molar-refractivity contribution in [2.24, 2.45) is 0 Å². The van der Waals surface area contributed by atoms with Crippen molar-refractivity contribution in [2.45, 2.75) is 24.9 Å². The Morgan fingerprint density at radius 1 is 1.03 bits per heavy atom. The number of ether oxygens (including phenoxy) is 1. The highest BCUT2D eigenvalue weighted by atomic mass is 16.5. The molecule has 7 nitrogen and oxygen atoms in total. The molecule has 0 aliphatic carbocycles. The molecule has 1 saturated heterocycles. The number of carbonyl (C=O) groups is 3. The molecule has 2 N–H and O–H groups in total. The molecule has 0 bridgehead atoms. The standard InChI is InChI=1S/C28H25N3O4/c1-4-19-10-14-22(15-11-19)29-26(32)25(18(2)20-8-6-5-7-9-20)31-27(33)24(30-28(31)34)21-12-16-23(35-3)17-13-21/h1,5-18,24-25H,2-3H3,(H,29,32)(H,30,34)/t18-,24?,25-/m0/s1. The smallest absolute Gasteiger partial charge is 0.325 e. The molecule has 1 unspecified atom stereocenters. The van der Waals surface area contributed by atoms with Crippen LogP contribution in [0.2, 0.25) is 0 Å². The Hall–Kier alpha value is -4.57. The van der Waals surface area contributed by atoms with E-state index in [-0.39, 0.29) is 0 Å². The van der Waals surface area contributed by atoms with E-state index in [0.29, 0.717) is 22.6 Å². The maximum Gasteiger partial charge on any atom is 0.325 e. The lowest BCUT2D eigenvalue weighted by Gasteiger charge is -2.30. The van der Waals surface area contributed by atoms with Crippen LogP contribution in [0.1, 0.15) is 35.6 Å². The second kappa shape index (κ2) is 10.1. The molecule has 0 spiro atoms. The largest absolute Gasteiger partial charge is 0.497 e. The zero-order chi connectivity index (χ0) is 24.9. The number of hydrogen-bond donors (Lipinski definition) is 2. The van der Waals surface area contributed by atoms with E-state index in [0.717, 1.165) is 10.5 Å². The second-order valence-electron chi connectivity index (χ2n) is 8.22. The van der Waals surface area contributed by atoms with E-state index in [9.17, 15) is 14.4 Å². The molecule has 0 aromatic heterocycles. The summed E-state index contributed by atoms with van der Waals surface area (Å²) in [6.45, 7) is 1.82. The molecule has 4 rings (SSSR count). The summed E-state index contributed by atoms with van der Waals surface area (Å²) in [6, 6.07) is 20.3. The van der Waals surface area contributed by atoms with Crippen LogP contribution in [0.5, 0.6) is 5.75 Å². The van der Waals surface area contributed by atoms with Crippen molar-refractivity contribution >= 4 is 23.5 Å². The minimum absolute atomic E-state index is 0.467. The zero-order valence-electron chi connectivity index (χ0n) is 19.4. The van der Waals surface area contributed by atoms with Crippen molar-refractivity contribution in [2.75, 3.05) is 12.4 Å². The van der Waals surface area contributed by atoms with Crippen molar-refractivity contribution in [3.8, 4) is 18.1 Å². The minimum Gasteiger partial charge on any atom is -0.497 e. The number of rotatable bonds is 7. The molecular formula is C28H25N3O4. The molecule has 3 atom stereocenters. The number of amides is 4. The molecule has 3 aromatic carbocycles. The highest BCUT2D eigenvalue weighted by Crippen LogP contribution is 2.31. The Kier molecular flexibility index (Phi) is 6.83. The number of methoxy groups -OCH3 is 1. The first-order chi connectivity index (χ1) is 16.9. The third-order valence-electron chi connectivity index (χ3n) is 6.08. The van der Waals surface area contributed by atoms with E-state index in [1.54, 1.807) is 55.6 Å². The molecule has 7 heteroatoms. The summed E-state index contributed by atoms with van der Waals surface area (Å²) in [7, 11) is 1.55. The van der Waals surface area contributed by atoms with Gasteiger partial charge in [-0.15, -0.1) is 6.42 Å². The molecular weight excluding hydrogens is 442 g/mol. The highest BCUT2D eigenvalue weighted by molar-refractivity contribution is 6.09. The number of imide groups is 1. The summed E-state index contributed by atoms with van der Waals surface area (Å²) in [5.74, 6) is 1.72. The number of carbonyl (C=O) groups excluding carboxylic acids is 3. The van der Waals surface area contributed by atoms with Crippen LogP contribution in [0.3, 0.4) is 0 Å². The number of hydrogen-bond acceptors (Lipinski definition) is 4. The van der Waals surface area contributed by atoms with Gasteiger partial charge in [-0.2, -0.15) is 0 Å². The van der Waals surface area contributed by atoms with Crippen LogP contribution in [0.25, 0.3) is 0 Å². The molecule has 1 fully saturated rings. The summed E-state index contributed by atoms with van der Waals surface area (Å²) >= 11 is 0. The van der Waals surface area contributed by atoms with Crippen molar-refractivity contribution in [3.05, 3.63) is 95.6 Å². The number of anilines is 1. The van der Waals surface area contributed by atoms with Gasteiger partial charge in [0.05, 0.1) is 7.11 Å². The van der Waals surface area contributed by atoms with Gasteiger partial charge in [-0.05, 0) is 47.5 Å². The number of nitrogens with one attached hydrogen (secondary N) is 2. The number of terminal acetylenes is 1. The van der Waals surface area contributed by atoms with Gasteiger partial charge in [0.1, 0.15) is 17.8 Å². The molecule has 3 aromatic rings. The van der Waals surface area contributed by atoms with Crippen LogP contribution in [0.15, 0.2) is 78.9 Å². The summed E-state index contributed by atoms with van der Waals surface area (Å²) in [4.78, 5) is 41.1. The first kappa shape index (κ1) is 23.6. The van der Waals surface area contributed by atoms with Gasteiger partial charge >= 0.3 is 6.03 Å². The van der Waals surface area contributed by atoms with E-state index in [1.165, 1.54) is 0 Å². The third-order valence-corrected chi connectivity index (χ3v) is 6.08. The monoisotopic (exact) mass is 467 g/mol. The Labute approximate surface area is 204 Å². The fourth-order valence-electron chi connectivity index (χ4n) is 4.15. The molecule has 1 aliphatic rings. The van der Waals surface area contributed by atoms with E-state index in [2.05, 4.69) is 16.6 Å². The van der Waals surface area contributed by atoms with Crippen molar-refractivity contribution in [3.63, 3.8) is 0 Å². The average molecular weight is 468 g/mol. The van der Waals surface area contributed by atoms with Crippen LogP contribution in [-0.4, -0.2) is 35.9 Å². The van der Waals surface area contributed by atoms with Crippen LogP contribution in [0.4, 0.5) is 10.5 Å². The van der Waals surface area contributed by atoms with Gasteiger partial charge in [0.2, 0.25) is 5.91 Å². The third kappa shape index (κ3) is 4.87. The van der Waals surface area contributed by atoms with Gasteiger partial charge in [0, 0.05) is 17.2 Å². The molecule has 1 heterocycles. The first-order valence-electron chi connectivity index (χ1n) is 11.1. The fraction of sp³-hybridized carbons (Fsp3) is 0.179. The maximum absolute atomic E-state index is 13.5. The van der Waals surface area contributed by atoms with E-state index >= 15 is 0 Å². The molecule has 4 amide bonds. The lowest BCUT2D eigenvalue weighted by Crippen LogP contribution is -2.50. The van der Waals surface area contributed by atoms with E-state index < -0.39 is 35.8 Å². The molecule has 0 saturated carbocycles. The highest BCUT2D eigenvalue weighted by Gasteiger charge is 2.47. The van der Waals surface area contributed by atoms with Gasteiger partial charge < -0.3 is 15.4 Å². The predicted octanol–water partition coefficient (Wildman–Crippen LogP) is 4.08. The number of urea groups is 1.